The van der Waals surface area contributed by atoms with E-state index in [1.165, 1.54) is 6.07 Å². The van der Waals surface area contributed by atoms with Crippen LogP contribution in [0.25, 0.3) is 0 Å². The summed E-state index contributed by atoms with van der Waals surface area (Å²) in [6.07, 6.45) is 0.465. The molecule has 1 aromatic rings. The highest BCUT2D eigenvalue weighted by Crippen LogP contribution is 2.07. The third-order valence-electron chi connectivity index (χ3n) is 3.03. The molecule has 0 radical (unpaired) electrons. The fraction of sp³-hybridized carbons (Fsp3) is 0.600. The number of hydrogen-bond donors (Lipinski definition) is 3. The summed E-state index contributed by atoms with van der Waals surface area (Å²) in [7, 11) is 0. The van der Waals surface area contributed by atoms with E-state index >= 15 is 0 Å². The summed E-state index contributed by atoms with van der Waals surface area (Å²) in [4.78, 5) is 0. The number of halogens is 1. The molecule has 0 aliphatic rings. The molecular weight excluding hydrogens is 261 g/mol. The summed E-state index contributed by atoms with van der Waals surface area (Å²) < 4.78 is 18.6. The Labute approximate surface area is 119 Å². The molecule has 1 aromatic carbocycles. The Morgan fingerprint density at radius 1 is 1.25 bits per heavy atom. The topological polar surface area (TPSA) is 61.7 Å². The molecule has 20 heavy (non-hydrogen) atoms. The van der Waals surface area contributed by atoms with E-state index < -0.39 is 6.10 Å². The van der Waals surface area contributed by atoms with Crippen LogP contribution < -0.4 is 5.32 Å². The summed E-state index contributed by atoms with van der Waals surface area (Å²) >= 11 is 0. The minimum atomic E-state index is -0.638. The lowest BCUT2D eigenvalue weighted by Gasteiger charge is -2.13. The van der Waals surface area contributed by atoms with E-state index in [1.807, 2.05) is 6.92 Å². The zero-order valence-corrected chi connectivity index (χ0v) is 11.9. The van der Waals surface area contributed by atoms with Gasteiger partial charge in [-0.1, -0.05) is 25.1 Å². The highest BCUT2D eigenvalue weighted by molar-refractivity contribution is 5.16. The average molecular weight is 285 g/mol. The van der Waals surface area contributed by atoms with Crippen LogP contribution in [0.1, 0.15) is 25.3 Å². The number of aliphatic hydroxyl groups excluding tert-OH is 2. The van der Waals surface area contributed by atoms with Crippen LogP contribution in [0.2, 0.25) is 0 Å². The van der Waals surface area contributed by atoms with Gasteiger partial charge in [0.25, 0.3) is 0 Å². The molecule has 0 heterocycles. The highest BCUT2D eigenvalue weighted by atomic mass is 19.1. The SMILES string of the molecule is CCC(O)CCNCC(O)COCc1ccccc1F. The van der Waals surface area contributed by atoms with E-state index in [0.717, 1.165) is 6.42 Å². The molecule has 3 N–H and O–H groups in total. The van der Waals surface area contributed by atoms with Crippen molar-refractivity contribution in [3.05, 3.63) is 35.6 Å². The molecule has 2 unspecified atom stereocenters. The maximum absolute atomic E-state index is 13.3. The summed E-state index contributed by atoms with van der Waals surface area (Å²) in [5.74, 6) is -0.298. The van der Waals surface area contributed by atoms with Crippen molar-refractivity contribution in [1.29, 1.82) is 0 Å². The second-order valence-corrected chi connectivity index (χ2v) is 4.82. The van der Waals surface area contributed by atoms with E-state index in [0.29, 0.717) is 25.1 Å². The van der Waals surface area contributed by atoms with E-state index in [9.17, 15) is 14.6 Å². The van der Waals surface area contributed by atoms with Gasteiger partial charge >= 0.3 is 0 Å². The normalized spacial score (nSPS) is 14.2. The Kier molecular flexibility index (Phi) is 8.37. The van der Waals surface area contributed by atoms with Gasteiger partial charge in [-0.2, -0.15) is 0 Å². The van der Waals surface area contributed by atoms with E-state index in [4.69, 9.17) is 4.74 Å². The summed E-state index contributed by atoms with van der Waals surface area (Å²) in [5, 5.41) is 22.1. The van der Waals surface area contributed by atoms with Crippen LogP contribution in [0.4, 0.5) is 4.39 Å². The number of nitrogens with one attached hydrogen (secondary N) is 1. The molecule has 4 nitrogen and oxygen atoms in total. The predicted octanol–water partition coefficient (Wildman–Crippen LogP) is 1.45. The number of ether oxygens (including phenoxy) is 1. The zero-order chi connectivity index (χ0) is 14.8. The van der Waals surface area contributed by atoms with E-state index in [1.54, 1.807) is 18.2 Å². The zero-order valence-electron chi connectivity index (χ0n) is 11.9. The highest BCUT2D eigenvalue weighted by Gasteiger charge is 2.06. The van der Waals surface area contributed by atoms with Crippen molar-refractivity contribution in [2.45, 2.75) is 38.6 Å². The Balaban J connectivity index is 2.08. The van der Waals surface area contributed by atoms with Gasteiger partial charge in [-0.25, -0.2) is 4.39 Å². The van der Waals surface area contributed by atoms with Gasteiger partial charge in [0.1, 0.15) is 5.82 Å². The molecule has 114 valence electrons. The maximum atomic E-state index is 13.3. The Hall–Kier alpha value is -1.01. The van der Waals surface area contributed by atoms with Gasteiger partial charge in [0.05, 0.1) is 25.4 Å². The van der Waals surface area contributed by atoms with Crippen LogP contribution in [0.15, 0.2) is 24.3 Å². The number of aliphatic hydroxyl groups is 2. The van der Waals surface area contributed by atoms with E-state index in [-0.39, 0.29) is 25.1 Å². The van der Waals surface area contributed by atoms with Gasteiger partial charge in [-0.05, 0) is 25.5 Å². The fourth-order valence-corrected chi connectivity index (χ4v) is 1.72. The fourth-order valence-electron chi connectivity index (χ4n) is 1.72. The number of rotatable bonds is 10. The molecule has 0 saturated carbocycles. The minimum absolute atomic E-state index is 0.150. The first-order chi connectivity index (χ1) is 9.63. The molecular formula is C15H24FNO3. The first-order valence-corrected chi connectivity index (χ1v) is 7.01. The molecule has 0 aliphatic carbocycles. The summed E-state index contributed by atoms with van der Waals surface area (Å²) in [5.41, 5.74) is 0.485. The van der Waals surface area contributed by atoms with Crippen molar-refractivity contribution in [3.8, 4) is 0 Å². The first-order valence-electron chi connectivity index (χ1n) is 7.01. The lowest BCUT2D eigenvalue weighted by Crippen LogP contribution is -2.32. The standard InChI is InChI=1S/C15H24FNO3/c1-2-13(18)7-8-17-9-14(19)11-20-10-12-5-3-4-6-15(12)16/h3-6,13-14,17-19H,2,7-11H2,1H3. The summed E-state index contributed by atoms with van der Waals surface area (Å²) in [6, 6.07) is 6.42. The van der Waals surface area contributed by atoms with Crippen molar-refractivity contribution >= 4 is 0 Å². The average Bonchev–Trinajstić information content (AvgIpc) is 2.45. The Morgan fingerprint density at radius 2 is 2.00 bits per heavy atom. The molecule has 0 amide bonds. The molecule has 0 fully saturated rings. The molecule has 2 atom stereocenters. The van der Waals surface area contributed by atoms with Crippen LogP contribution >= 0.6 is 0 Å². The Bertz CT molecular complexity index is 376. The van der Waals surface area contributed by atoms with Crippen LogP contribution in [-0.2, 0) is 11.3 Å². The smallest absolute Gasteiger partial charge is 0.128 e. The lowest BCUT2D eigenvalue weighted by atomic mass is 10.2. The summed E-state index contributed by atoms with van der Waals surface area (Å²) in [6.45, 7) is 3.28. The van der Waals surface area contributed by atoms with Crippen LogP contribution in [0, 0.1) is 5.82 Å². The van der Waals surface area contributed by atoms with Gasteiger partial charge in [0, 0.05) is 12.1 Å². The third-order valence-corrected chi connectivity index (χ3v) is 3.03. The van der Waals surface area contributed by atoms with Crippen molar-refractivity contribution < 1.29 is 19.3 Å². The van der Waals surface area contributed by atoms with Crippen molar-refractivity contribution in [1.82, 2.24) is 5.32 Å². The largest absolute Gasteiger partial charge is 0.393 e. The first kappa shape index (κ1) is 17.0. The minimum Gasteiger partial charge on any atom is -0.393 e. The quantitative estimate of drug-likeness (QED) is 0.570. The van der Waals surface area contributed by atoms with Gasteiger partial charge in [-0.3, -0.25) is 0 Å². The van der Waals surface area contributed by atoms with E-state index in [2.05, 4.69) is 5.32 Å². The number of hydrogen-bond acceptors (Lipinski definition) is 4. The molecule has 0 bridgehead atoms. The maximum Gasteiger partial charge on any atom is 0.128 e. The second kappa shape index (κ2) is 9.83. The van der Waals surface area contributed by atoms with Crippen molar-refractivity contribution in [3.63, 3.8) is 0 Å². The van der Waals surface area contributed by atoms with Crippen LogP contribution in [-0.4, -0.2) is 42.1 Å². The third kappa shape index (κ3) is 6.96. The van der Waals surface area contributed by atoms with Gasteiger partial charge in [-0.15, -0.1) is 0 Å². The molecule has 1 rings (SSSR count). The molecule has 0 spiro atoms. The molecule has 0 aliphatic heterocycles. The number of benzene rings is 1. The van der Waals surface area contributed by atoms with Gasteiger partial charge < -0.3 is 20.3 Å². The van der Waals surface area contributed by atoms with Crippen molar-refractivity contribution in [2.24, 2.45) is 0 Å². The van der Waals surface area contributed by atoms with Crippen molar-refractivity contribution in [2.75, 3.05) is 19.7 Å². The van der Waals surface area contributed by atoms with Gasteiger partial charge in [0.15, 0.2) is 0 Å². The second-order valence-electron chi connectivity index (χ2n) is 4.82. The van der Waals surface area contributed by atoms with Crippen LogP contribution in [0.3, 0.4) is 0 Å². The Morgan fingerprint density at radius 3 is 2.70 bits per heavy atom. The van der Waals surface area contributed by atoms with Gasteiger partial charge in [0.2, 0.25) is 0 Å². The predicted molar refractivity (Wildman–Crippen MR) is 75.8 cm³/mol. The lowest BCUT2D eigenvalue weighted by molar-refractivity contribution is 0.0275. The van der Waals surface area contributed by atoms with Crippen LogP contribution in [0.5, 0.6) is 0 Å². The molecule has 5 heteroatoms. The molecule has 0 aromatic heterocycles. The monoisotopic (exact) mass is 285 g/mol. The molecule has 0 saturated heterocycles.